The molecule has 10 nitrogen and oxygen atoms in total. The number of nitrogens with one attached hydrogen (secondary N) is 2. The van der Waals surface area contributed by atoms with Crippen LogP contribution in [0.4, 0.5) is 35.1 Å². The fourth-order valence-corrected chi connectivity index (χ4v) is 4.20. The number of carbonyl (C=O) groups is 3. The zero-order chi connectivity index (χ0) is 35.6. The van der Waals surface area contributed by atoms with Crippen molar-refractivity contribution in [3.8, 4) is 22.6 Å². The van der Waals surface area contributed by atoms with E-state index in [1.807, 2.05) is 0 Å². The fourth-order valence-electron chi connectivity index (χ4n) is 4.20. The van der Waals surface area contributed by atoms with Crippen LogP contribution in [0.15, 0.2) is 54.6 Å². The summed E-state index contributed by atoms with van der Waals surface area (Å²) in [4.78, 5) is 32.5. The molecule has 0 unspecified atom stereocenters. The highest BCUT2D eigenvalue weighted by Gasteiger charge is 2.38. The summed E-state index contributed by atoms with van der Waals surface area (Å²) in [5.41, 5.74) is 2.70. The molecule has 0 radical (unpaired) electrons. The molecule has 48 heavy (non-hydrogen) atoms. The van der Waals surface area contributed by atoms with E-state index < -0.39 is 30.1 Å². The summed E-state index contributed by atoms with van der Waals surface area (Å²) in [7, 11) is 0. The molecular formula is C30H27F8N3O7. The molecular weight excluding hydrogens is 666 g/mol. The number of carbonyl (C=O) groups excluding carboxylic acids is 1. The predicted octanol–water partition coefficient (Wildman–Crippen LogP) is 4.96. The number of fused-ring (bicyclic) bond motifs is 1. The van der Waals surface area contributed by atoms with Gasteiger partial charge in [0.15, 0.2) is 11.5 Å². The van der Waals surface area contributed by atoms with Gasteiger partial charge in [0.2, 0.25) is 6.79 Å². The van der Waals surface area contributed by atoms with Crippen LogP contribution in [0.25, 0.3) is 11.1 Å². The van der Waals surface area contributed by atoms with Crippen LogP contribution in [0.3, 0.4) is 0 Å². The first-order valence-electron chi connectivity index (χ1n) is 13.7. The molecule has 1 saturated heterocycles. The molecule has 18 heteroatoms. The van der Waals surface area contributed by atoms with Crippen molar-refractivity contribution in [2.45, 2.75) is 25.4 Å². The first-order valence-corrected chi connectivity index (χ1v) is 13.7. The standard InChI is InChI=1S/C26H25F2N3O3.2C2HF3O2/c27-22-5-2-18(12-20(22)15-31-9-7-29-8-10-31)21-11-17(1-4-23(21)28)14-30-26(32)19-3-6-24-25(13-19)34-16-33-24;2*3-2(4,5)1(6)7/h1-6,11-13,29H,7-10,14-16H2,(H,30,32);2*(H,6,7). The summed E-state index contributed by atoms with van der Waals surface area (Å²) >= 11 is 0. The van der Waals surface area contributed by atoms with Crippen LogP contribution in [0.2, 0.25) is 0 Å². The number of alkyl halides is 6. The van der Waals surface area contributed by atoms with E-state index in [1.165, 1.54) is 12.1 Å². The van der Waals surface area contributed by atoms with E-state index in [-0.39, 0.29) is 25.1 Å². The van der Waals surface area contributed by atoms with Crippen LogP contribution < -0.4 is 20.1 Å². The highest BCUT2D eigenvalue weighted by Crippen LogP contribution is 2.32. The van der Waals surface area contributed by atoms with E-state index >= 15 is 0 Å². The number of rotatable bonds is 6. The van der Waals surface area contributed by atoms with E-state index in [9.17, 15) is 39.9 Å². The molecule has 0 atom stereocenters. The second-order valence-corrected chi connectivity index (χ2v) is 10.0. The molecule has 4 N–H and O–H groups in total. The minimum Gasteiger partial charge on any atom is -0.475 e. The highest BCUT2D eigenvalue weighted by atomic mass is 19.4. The van der Waals surface area contributed by atoms with Crippen molar-refractivity contribution in [1.82, 2.24) is 15.5 Å². The van der Waals surface area contributed by atoms with Crippen LogP contribution in [0.5, 0.6) is 11.5 Å². The number of nitrogens with zero attached hydrogens (tertiary/aromatic N) is 1. The van der Waals surface area contributed by atoms with Gasteiger partial charge in [-0.25, -0.2) is 18.4 Å². The number of carboxylic acids is 2. The normalized spacial score (nSPS) is 14.2. The fraction of sp³-hybridized carbons (Fsp3) is 0.300. The van der Waals surface area contributed by atoms with Crippen LogP contribution in [-0.2, 0) is 22.7 Å². The maximum atomic E-state index is 14.7. The second kappa shape index (κ2) is 16.2. The summed E-state index contributed by atoms with van der Waals surface area (Å²) < 4.78 is 103. The second-order valence-electron chi connectivity index (χ2n) is 10.0. The topological polar surface area (TPSA) is 137 Å². The molecule has 0 aliphatic carbocycles. The van der Waals surface area contributed by atoms with Gasteiger partial charge in [0.25, 0.3) is 5.91 Å². The molecule has 2 aliphatic rings. The first-order chi connectivity index (χ1) is 22.5. The van der Waals surface area contributed by atoms with Gasteiger partial charge in [0, 0.05) is 56.0 Å². The van der Waals surface area contributed by atoms with Crippen molar-refractivity contribution in [2.75, 3.05) is 33.0 Å². The molecule has 0 saturated carbocycles. The lowest BCUT2D eigenvalue weighted by molar-refractivity contribution is -0.193. The zero-order valence-corrected chi connectivity index (χ0v) is 24.6. The van der Waals surface area contributed by atoms with Crippen molar-refractivity contribution >= 4 is 17.8 Å². The van der Waals surface area contributed by atoms with E-state index in [2.05, 4.69) is 15.5 Å². The Balaban J connectivity index is 0.000000376. The molecule has 3 aromatic carbocycles. The Morgan fingerprint density at radius 1 is 0.792 bits per heavy atom. The molecule has 1 fully saturated rings. The van der Waals surface area contributed by atoms with Gasteiger partial charge in [0.1, 0.15) is 11.6 Å². The van der Waals surface area contributed by atoms with Crippen molar-refractivity contribution < 1.29 is 69.2 Å². The Bertz CT molecular complexity index is 1590. The molecule has 3 aromatic rings. The Morgan fingerprint density at radius 3 is 1.98 bits per heavy atom. The van der Waals surface area contributed by atoms with Crippen LogP contribution in [0.1, 0.15) is 21.5 Å². The average Bonchev–Trinajstić information content (AvgIpc) is 3.50. The number of halogens is 8. The molecule has 260 valence electrons. The molecule has 1 amide bonds. The maximum Gasteiger partial charge on any atom is 0.490 e. The molecule has 0 bridgehead atoms. The van der Waals surface area contributed by atoms with Crippen LogP contribution >= 0.6 is 0 Å². The smallest absolute Gasteiger partial charge is 0.475 e. The molecule has 5 rings (SSSR count). The SMILES string of the molecule is O=C(NCc1ccc(F)c(-c2ccc(F)c(CN3CCNCC3)c2)c1)c1ccc2c(c1)OCO2.O=C(O)C(F)(F)F.O=C(O)C(F)(F)F. The molecule has 0 spiro atoms. The van der Waals surface area contributed by atoms with Gasteiger partial charge < -0.3 is 30.3 Å². The minimum atomic E-state index is -5.08. The molecule has 2 heterocycles. The first kappa shape index (κ1) is 37.5. The Kier molecular flexibility index (Phi) is 12.7. The van der Waals surface area contributed by atoms with Crippen LogP contribution in [-0.4, -0.2) is 78.3 Å². The number of carboxylic acid groups (broad SMARTS) is 2. The van der Waals surface area contributed by atoms with Crippen LogP contribution in [0, 0.1) is 11.6 Å². The van der Waals surface area contributed by atoms with Gasteiger partial charge in [-0.05, 0) is 53.6 Å². The summed E-state index contributed by atoms with van der Waals surface area (Å²) in [6, 6.07) is 14.4. The van der Waals surface area contributed by atoms with E-state index in [0.717, 1.165) is 31.7 Å². The lowest BCUT2D eigenvalue weighted by atomic mass is 9.99. The minimum absolute atomic E-state index is 0.138. The third-order valence-corrected chi connectivity index (χ3v) is 6.56. The third-order valence-electron chi connectivity index (χ3n) is 6.56. The number of hydrogen-bond donors (Lipinski definition) is 4. The lowest BCUT2D eigenvalue weighted by Gasteiger charge is -2.27. The van der Waals surface area contributed by atoms with Gasteiger partial charge in [-0.3, -0.25) is 9.69 Å². The summed E-state index contributed by atoms with van der Waals surface area (Å²) in [5, 5.41) is 20.4. The van der Waals surface area contributed by atoms with Crippen molar-refractivity contribution in [1.29, 1.82) is 0 Å². The summed E-state index contributed by atoms with van der Waals surface area (Å²) in [6.45, 7) is 4.27. The van der Waals surface area contributed by atoms with Crippen molar-refractivity contribution in [2.24, 2.45) is 0 Å². The zero-order valence-electron chi connectivity index (χ0n) is 24.6. The quantitative estimate of drug-likeness (QED) is 0.264. The Labute approximate surface area is 266 Å². The Hall–Kier alpha value is -4.97. The van der Waals surface area contributed by atoms with E-state index in [1.54, 1.807) is 42.5 Å². The molecule has 0 aromatic heterocycles. The van der Waals surface area contributed by atoms with Gasteiger partial charge in [-0.1, -0.05) is 12.1 Å². The van der Waals surface area contributed by atoms with Crippen molar-refractivity contribution in [3.05, 3.63) is 82.9 Å². The van der Waals surface area contributed by atoms with Gasteiger partial charge in [-0.2, -0.15) is 26.3 Å². The number of aliphatic carboxylic acids is 2. The maximum absolute atomic E-state index is 14.7. The van der Waals surface area contributed by atoms with Crippen molar-refractivity contribution in [3.63, 3.8) is 0 Å². The summed E-state index contributed by atoms with van der Waals surface area (Å²) in [6.07, 6.45) is -10.2. The van der Waals surface area contributed by atoms with Gasteiger partial charge >= 0.3 is 24.3 Å². The lowest BCUT2D eigenvalue weighted by Crippen LogP contribution is -2.43. The summed E-state index contributed by atoms with van der Waals surface area (Å²) in [5.74, 6) is -5.34. The molecule has 2 aliphatic heterocycles. The number of benzene rings is 3. The monoisotopic (exact) mass is 693 g/mol. The van der Waals surface area contributed by atoms with Gasteiger partial charge in [0.05, 0.1) is 0 Å². The Morgan fingerprint density at radius 2 is 1.38 bits per heavy atom. The number of amides is 1. The number of ether oxygens (including phenoxy) is 2. The van der Waals surface area contributed by atoms with Gasteiger partial charge in [-0.15, -0.1) is 0 Å². The predicted molar refractivity (Wildman–Crippen MR) is 151 cm³/mol. The highest BCUT2D eigenvalue weighted by molar-refractivity contribution is 5.94. The number of piperazine rings is 1. The van der Waals surface area contributed by atoms with E-state index in [4.69, 9.17) is 29.3 Å². The number of hydrogen-bond acceptors (Lipinski definition) is 7. The average molecular weight is 694 g/mol. The third kappa shape index (κ3) is 11.1. The largest absolute Gasteiger partial charge is 0.490 e. The van der Waals surface area contributed by atoms with E-state index in [0.29, 0.717) is 40.3 Å².